The summed E-state index contributed by atoms with van der Waals surface area (Å²) < 4.78 is 30.2. The second-order valence-corrected chi connectivity index (χ2v) is 5.16. The molecular formula is C12H13NO5S. The normalized spacial score (nSPS) is 10.4. The molecule has 19 heavy (non-hydrogen) atoms. The van der Waals surface area contributed by atoms with Crippen LogP contribution in [0.25, 0.3) is 0 Å². The molecule has 0 unspecified atom stereocenters. The fourth-order valence-corrected chi connectivity index (χ4v) is 2.21. The Hall–Kier alpha value is -1.88. The minimum absolute atomic E-state index is 0.0128. The van der Waals surface area contributed by atoms with E-state index in [0.717, 1.165) is 0 Å². The van der Waals surface area contributed by atoms with E-state index in [1.165, 1.54) is 25.3 Å². The SMILES string of the molecule is COC(=O)CNS(=O)(=O)c1cccc(C#CCO)c1. The lowest BCUT2D eigenvalue weighted by Crippen LogP contribution is -2.30. The van der Waals surface area contributed by atoms with Gasteiger partial charge < -0.3 is 9.84 Å². The average molecular weight is 283 g/mol. The number of benzene rings is 1. The maximum atomic E-state index is 11.9. The van der Waals surface area contributed by atoms with Crippen LogP contribution in [0.4, 0.5) is 0 Å². The smallest absolute Gasteiger partial charge is 0.320 e. The molecule has 0 atom stereocenters. The molecule has 6 nitrogen and oxygen atoms in total. The molecule has 0 heterocycles. The van der Waals surface area contributed by atoms with Crippen LogP contribution in [0.1, 0.15) is 5.56 Å². The molecule has 1 rings (SSSR count). The van der Waals surface area contributed by atoms with Gasteiger partial charge in [0.1, 0.15) is 13.2 Å². The Labute approximate surface area is 111 Å². The van der Waals surface area contributed by atoms with Crippen LogP contribution in [0.3, 0.4) is 0 Å². The number of sulfonamides is 1. The Morgan fingerprint density at radius 1 is 1.47 bits per heavy atom. The minimum Gasteiger partial charge on any atom is -0.468 e. The number of methoxy groups -OCH3 is 1. The van der Waals surface area contributed by atoms with E-state index < -0.39 is 22.5 Å². The van der Waals surface area contributed by atoms with Gasteiger partial charge in [0.25, 0.3) is 0 Å². The molecule has 7 heteroatoms. The van der Waals surface area contributed by atoms with E-state index >= 15 is 0 Å². The molecule has 0 radical (unpaired) electrons. The predicted octanol–water partition coefficient (Wildman–Crippen LogP) is -0.518. The fraction of sp³-hybridized carbons (Fsp3) is 0.250. The number of esters is 1. The van der Waals surface area contributed by atoms with Gasteiger partial charge >= 0.3 is 5.97 Å². The van der Waals surface area contributed by atoms with E-state index in [9.17, 15) is 13.2 Å². The third kappa shape index (κ3) is 4.71. The highest BCUT2D eigenvalue weighted by atomic mass is 32.2. The number of rotatable bonds is 4. The largest absolute Gasteiger partial charge is 0.468 e. The Morgan fingerprint density at radius 3 is 2.84 bits per heavy atom. The van der Waals surface area contributed by atoms with E-state index in [1.54, 1.807) is 6.07 Å². The van der Waals surface area contributed by atoms with E-state index in [2.05, 4.69) is 21.3 Å². The van der Waals surface area contributed by atoms with Crippen molar-refractivity contribution in [1.82, 2.24) is 4.72 Å². The van der Waals surface area contributed by atoms with Gasteiger partial charge in [0.05, 0.1) is 12.0 Å². The van der Waals surface area contributed by atoms with Crippen LogP contribution in [-0.4, -0.2) is 39.8 Å². The van der Waals surface area contributed by atoms with Crippen LogP contribution >= 0.6 is 0 Å². The molecule has 0 aliphatic heterocycles. The third-order valence-corrected chi connectivity index (χ3v) is 3.49. The Morgan fingerprint density at radius 2 is 2.21 bits per heavy atom. The van der Waals surface area contributed by atoms with Crippen molar-refractivity contribution in [3.63, 3.8) is 0 Å². The molecule has 0 amide bonds. The van der Waals surface area contributed by atoms with Crippen molar-refractivity contribution >= 4 is 16.0 Å². The molecule has 0 aliphatic carbocycles. The van der Waals surface area contributed by atoms with Gasteiger partial charge in [0, 0.05) is 5.56 Å². The van der Waals surface area contributed by atoms with Crippen molar-refractivity contribution in [2.45, 2.75) is 4.90 Å². The van der Waals surface area contributed by atoms with Gasteiger partial charge in [-0.3, -0.25) is 4.79 Å². The lowest BCUT2D eigenvalue weighted by Gasteiger charge is -2.05. The standard InChI is InChI=1S/C12H13NO5S/c1-18-12(15)9-13-19(16,17)11-6-2-4-10(8-11)5-3-7-14/h2,4,6,8,13-14H,7,9H2,1H3. The lowest BCUT2D eigenvalue weighted by molar-refractivity contribution is -0.139. The molecule has 0 saturated carbocycles. The van der Waals surface area contributed by atoms with Crippen molar-refractivity contribution in [2.75, 3.05) is 20.3 Å². The summed E-state index contributed by atoms with van der Waals surface area (Å²) in [5.74, 6) is 4.34. The first-order valence-corrected chi connectivity index (χ1v) is 6.74. The first-order chi connectivity index (χ1) is 8.99. The van der Waals surface area contributed by atoms with Gasteiger partial charge in [0.15, 0.2) is 0 Å². The summed E-state index contributed by atoms with van der Waals surface area (Å²) in [6, 6.07) is 5.86. The van der Waals surface area contributed by atoms with Crippen molar-refractivity contribution in [1.29, 1.82) is 0 Å². The van der Waals surface area contributed by atoms with Crippen molar-refractivity contribution in [2.24, 2.45) is 0 Å². The molecule has 1 aromatic carbocycles. The number of hydrogen-bond donors (Lipinski definition) is 2. The third-order valence-electron chi connectivity index (χ3n) is 2.09. The molecule has 0 spiro atoms. The highest BCUT2D eigenvalue weighted by Gasteiger charge is 2.15. The van der Waals surface area contributed by atoms with Crippen LogP contribution < -0.4 is 4.72 Å². The number of carbonyl (C=O) groups excluding carboxylic acids is 1. The molecule has 0 bridgehead atoms. The van der Waals surface area contributed by atoms with E-state index in [1.807, 2.05) is 0 Å². The van der Waals surface area contributed by atoms with Crippen LogP contribution in [0.15, 0.2) is 29.2 Å². The van der Waals surface area contributed by atoms with Gasteiger partial charge in [-0.25, -0.2) is 8.42 Å². The number of nitrogens with one attached hydrogen (secondary N) is 1. The van der Waals surface area contributed by atoms with Gasteiger partial charge in [0.2, 0.25) is 10.0 Å². The molecule has 0 aliphatic rings. The number of aliphatic hydroxyl groups is 1. The summed E-state index contributed by atoms with van der Waals surface area (Å²) in [6.07, 6.45) is 0. The first-order valence-electron chi connectivity index (χ1n) is 5.26. The quantitative estimate of drug-likeness (QED) is 0.573. The van der Waals surface area contributed by atoms with Gasteiger partial charge in [-0.15, -0.1) is 0 Å². The van der Waals surface area contributed by atoms with Gasteiger partial charge in [-0.2, -0.15) is 4.72 Å². The lowest BCUT2D eigenvalue weighted by atomic mass is 10.2. The maximum absolute atomic E-state index is 11.9. The zero-order valence-electron chi connectivity index (χ0n) is 10.2. The van der Waals surface area contributed by atoms with Crippen molar-refractivity contribution < 1.29 is 23.1 Å². The van der Waals surface area contributed by atoms with Gasteiger partial charge in [-0.1, -0.05) is 17.9 Å². The van der Waals surface area contributed by atoms with Crippen LogP contribution in [0.2, 0.25) is 0 Å². The van der Waals surface area contributed by atoms with Gasteiger partial charge in [-0.05, 0) is 18.2 Å². The molecule has 102 valence electrons. The second kappa shape index (κ2) is 6.89. The summed E-state index contributed by atoms with van der Waals surface area (Å²) in [7, 11) is -2.63. The molecule has 1 aromatic rings. The highest BCUT2D eigenvalue weighted by molar-refractivity contribution is 7.89. The Kier molecular flexibility index (Phi) is 5.51. The summed E-state index contributed by atoms with van der Waals surface area (Å²) in [6.45, 7) is -0.747. The number of carbonyl (C=O) groups is 1. The number of hydrogen-bond acceptors (Lipinski definition) is 5. The monoisotopic (exact) mass is 283 g/mol. The number of ether oxygens (including phenoxy) is 1. The summed E-state index contributed by atoms with van der Waals surface area (Å²) in [4.78, 5) is 10.9. The zero-order chi connectivity index (χ0) is 14.3. The topological polar surface area (TPSA) is 92.7 Å². The van der Waals surface area contributed by atoms with Crippen molar-refractivity contribution in [3.8, 4) is 11.8 Å². The zero-order valence-corrected chi connectivity index (χ0v) is 11.0. The second-order valence-electron chi connectivity index (χ2n) is 3.39. The molecule has 2 N–H and O–H groups in total. The summed E-state index contributed by atoms with van der Waals surface area (Å²) >= 11 is 0. The molecule has 0 fully saturated rings. The van der Waals surface area contributed by atoms with Crippen LogP contribution in [0, 0.1) is 11.8 Å². The highest BCUT2D eigenvalue weighted by Crippen LogP contribution is 2.10. The summed E-state index contributed by atoms with van der Waals surface area (Å²) in [5, 5.41) is 8.57. The molecule has 0 saturated heterocycles. The van der Waals surface area contributed by atoms with E-state index in [0.29, 0.717) is 5.56 Å². The van der Waals surface area contributed by atoms with Crippen molar-refractivity contribution in [3.05, 3.63) is 29.8 Å². The van der Waals surface area contributed by atoms with Crippen LogP contribution in [-0.2, 0) is 19.6 Å². The Bertz CT molecular complexity index is 612. The molecule has 0 aromatic heterocycles. The number of aliphatic hydroxyl groups excluding tert-OH is 1. The van der Waals surface area contributed by atoms with Crippen LogP contribution in [0.5, 0.6) is 0 Å². The fourth-order valence-electron chi connectivity index (χ4n) is 1.19. The molecular weight excluding hydrogens is 270 g/mol. The van der Waals surface area contributed by atoms with E-state index in [-0.39, 0.29) is 11.5 Å². The summed E-state index contributed by atoms with van der Waals surface area (Å²) in [5.41, 5.74) is 0.454. The predicted molar refractivity (Wildman–Crippen MR) is 67.6 cm³/mol. The maximum Gasteiger partial charge on any atom is 0.320 e. The first kappa shape index (κ1) is 15.2. The minimum atomic E-state index is -3.79. The Balaban J connectivity index is 2.92. The average Bonchev–Trinajstić information content (AvgIpc) is 2.43. The van der Waals surface area contributed by atoms with E-state index in [4.69, 9.17) is 5.11 Å².